The van der Waals surface area contributed by atoms with Gasteiger partial charge in [0.1, 0.15) is 5.03 Å². The van der Waals surface area contributed by atoms with Crippen LogP contribution in [0, 0.1) is 6.92 Å². The van der Waals surface area contributed by atoms with Crippen LogP contribution in [0.25, 0.3) is 0 Å². The summed E-state index contributed by atoms with van der Waals surface area (Å²) in [5, 5.41) is 13.4. The molecule has 20 heavy (non-hydrogen) atoms. The summed E-state index contributed by atoms with van der Waals surface area (Å²) in [4.78, 5) is 5.27. The third kappa shape index (κ3) is 3.36. The standard InChI is InChI=1S/C13H11Cl2N3OS/c1-7-2-4-9(12(16)18-19)13(17-7)20-8-3-5-10(14)11(15)6-8/h2-6,19H,1H3,(H2,16,18). The van der Waals surface area contributed by atoms with Crippen LogP contribution in [0.3, 0.4) is 0 Å². The Morgan fingerprint density at radius 1 is 1.25 bits per heavy atom. The first-order chi connectivity index (χ1) is 9.51. The summed E-state index contributed by atoms with van der Waals surface area (Å²) in [6.45, 7) is 1.87. The molecular weight excluding hydrogens is 317 g/mol. The molecule has 0 amide bonds. The Balaban J connectivity index is 2.41. The number of hydrogen-bond acceptors (Lipinski definition) is 4. The van der Waals surface area contributed by atoms with E-state index >= 15 is 0 Å². The van der Waals surface area contributed by atoms with Gasteiger partial charge in [0.15, 0.2) is 5.84 Å². The van der Waals surface area contributed by atoms with Gasteiger partial charge in [-0.1, -0.05) is 40.1 Å². The van der Waals surface area contributed by atoms with Crippen molar-refractivity contribution in [2.75, 3.05) is 0 Å². The predicted molar refractivity (Wildman–Crippen MR) is 82.1 cm³/mol. The maximum Gasteiger partial charge on any atom is 0.172 e. The maximum absolute atomic E-state index is 8.82. The molecule has 0 bridgehead atoms. The van der Waals surface area contributed by atoms with E-state index in [-0.39, 0.29) is 5.84 Å². The van der Waals surface area contributed by atoms with Crippen molar-refractivity contribution < 1.29 is 5.21 Å². The minimum absolute atomic E-state index is 0.0139. The number of oxime groups is 1. The van der Waals surface area contributed by atoms with Gasteiger partial charge in [0.2, 0.25) is 0 Å². The minimum Gasteiger partial charge on any atom is -0.409 e. The molecule has 0 aliphatic carbocycles. The quantitative estimate of drug-likeness (QED) is 0.387. The highest BCUT2D eigenvalue weighted by Gasteiger charge is 2.11. The first-order valence-corrected chi connectivity index (χ1v) is 7.17. The molecule has 0 radical (unpaired) electrons. The van der Waals surface area contributed by atoms with E-state index in [1.54, 1.807) is 24.3 Å². The summed E-state index contributed by atoms with van der Waals surface area (Å²) in [6.07, 6.45) is 0. The third-order valence-corrected chi connectivity index (χ3v) is 4.22. The smallest absolute Gasteiger partial charge is 0.172 e. The van der Waals surface area contributed by atoms with Crippen LogP contribution >= 0.6 is 35.0 Å². The van der Waals surface area contributed by atoms with Crippen molar-refractivity contribution in [1.82, 2.24) is 4.98 Å². The second-order valence-corrected chi connectivity index (χ2v) is 5.85. The van der Waals surface area contributed by atoms with Crippen molar-refractivity contribution in [3.05, 3.63) is 51.6 Å². The van der Waals surface area contributed by atoms with Crippen molar-refractivity contribution in [3.8, 4) is 0 Å². The summed E-state index contributed by atoms with van der Waals surface area (Å²) in [7, 11) is 0. The molecule has 2 rings (SSSR count). The van der Waals surface area contributed by atoms with E-state index in [1.807, 2.05) is 13.0 Å². The van der Waals surface area contributed by atoms with E-state index in [0.717, 1.165) is 10.6 Å². The van der Waals surface area contributed by atoms with E-state index in [2.05, 4.69) is 10.1 Å². The number of benzene rings is 1. The molecule has 0 aliphatic rings. The number of amidine groups is 1. The van der Waals surface area contributed by atoms with Gasteiger partial charge in [0.25, 0.3) is 0 Å². The lowest BCUT2D eigenvalue weighted by Crippen LogP contribution is -2.15. The highest BCUT2D eigenvalue weighted by molar-refractivity contribution is 7.99. The first-order valence-electron chi connectivity index (χ1n) is 5.59. The predicted octanol–water partition coefficient (Wildman–Crippen LogP) is 3.94. The lowest BCUT2D eigenvalue weighted by molar-refractivity contribution is 0.318. The number of pyridine rings is 1. The molecular formula is C13H11Cl2N3OS. The van der Waals surface area contributed by atoms with Gasteiger partial charge in [0.05, 0.1) is 15.6 Å². The molecule has 1 aromatic heterocycles. The van der Waals surface area contributed by atoms with Crippen LogP contribution in [0.2, 0.25) is 10.0 Å². The highest BCUT2D eigenvalue weighted by atomic mass is 35.5. The van der Waals surface area contributed by atoms with Gasteiger partial charge in [-0.2, -0.15) is 0 Å². The number of hydrogen-bond donors (Lipinski definition) is 2. The normalized spacial score (nSPS) is 11.7. The van der Waals surface area contributed by atoms with Crippen molar-refractivity contribution in [2.45, 2.75) is 16.8 Å². The molecule has 3 N–H and O–H groups in total. The molecule has 1 heterocycles. The molecule has 7 heteroatoms. The molecule has 1 aromatic carbocycles. The summed E-state index contributed by atoms with van der Waals surface area (Å²) in [5.41, 5.74) is 7.05. The van der Waals surface area contributed by atoms with Crippen LogP contribution in [0.15, 0.2) is 45.4 Å². The van der Waals surface area contributed by atoms with Gasteiger partial charge in [-0.3, -0.25) is 0 Å². The van der Waals surface area contributed by atoms with Crippen molar-refractivity contribution in [1.29, 1.82) is 0 Å². The second kappa shape index (κ2) is 6.35. The summed E-state index contributed by atoms with van der Waals surface area (Å²) >= 11 is 13.2. The topological polar surface area (TPSA) is 71.5 Å². The van der Waals surface area contributed by atoms with Gasteiger partial charge in [-0.25, -0.2) is 4.98 Å². The zero-order valence-electron chi connectivity index (χ0n) is 10.5. The molecule has 0 aliphatic heterocycles. The fourth-order valence-corrected chi connectivity index (χ4v) is 2.88. The molecule has 0 unspecified atom stereocenters. The average molecular weight is 328 g/mol. The molecule has 104 valence electrons. The summed E-state index contributed by atoms with van der Waals surface area (Å²) in [6, 6.07) is 8.85. The van der Waals surface area contributed by atoms with E-state index in [1.165, 1.54) is 11.8 Å². The lowest BCUT2D eigenvalue weighted by Gasteiger charge is -2.08. The van der Waals surface area contributed by atoms with E-state index in [0.29, 0.717) is 20.6 Å². The molecule has 0 fully saturated rings. The Bertz CT molecular complexity index is 677. The van der Waals surface area contributed by atoms with Gasteiger partial charge < -0.3 is 10.9 Å². The minimum atomic E-state index is 0.0139. The molecule has 0 atom stereocenters. The molecule has 4 nitrogen and oxygen atoms in total. The van der Waals surface area contributed by atoms with Gasteiger partial charge in [0, 0.05) is 10.6 Å². The van der Waals surface area contributed by atoms with Crippen LogP contribution in [0.1, 0.15) is 11.3 Å². The monoisotopic (exact) mass is 327 g/mol. The molecule has 0 saturated heterocycles. The fraction of sp³-hybridized carbons (Fsp3) is 0.0769. The van der Waals surface area contributed by atoms with Crippen LogP contribution in [0.5, 0.6) is 0 Å². The highest BCUT2D eigenvalue weighted by Crippen LogP contribution is 2.33. The molecule has 0 spiro atoms. The first kappa shape index (κ1) is 15.0. The summed E-state index contributed by atoms with van der Waals surface area (Å²) in [5.74, 6) is 0.0139. The number of halogens is 2. The molecule has 2 aromatic rings. The number of aromatic nitrogens is 1. The zero-order valence-corrected chi connectivity index (χ0v) is 12.8. The number of nitrogens with zero attached hydrogens (tertiary/aromatic N) is 2. The van der Waals surface area contributed by atoms with Gasteiger partial charge in [-0.05, 0) is 37.3 Å². The summed E-state index contributed by atoms with van der Waals surface area (Å²) < 4.78 is 0. The van der Waals surface area contributed by atoms with Crippen LogP contribution in [0.4, 0.5) is 0 Å². The van der Waals surface area contributed by atoms with Crippen LogP contribution in [-0.2, 0) is 0 Å². The second-order valence-electron chi connectivity index (χ2n) is 3.97. The van der Waals surface area contributed by atoms with Crippen molar-refractivity contribution in [3.63, 3.8) is 0 Å². The van der Waals surface area contributed by atoms with Crippen LogP contribution in [-0.4, -0.2) is 16.0 Å². The van der Waals surface area contributed by atoms with E-state index in [4.69, 9.17) is 34.1 Å². The Labute approximate surface area is 130 Å². The molecule has 0 saturated carbocycles. The fourth-order valence-electron chi connectivity index (χ4n) is 1.51. The van der Waals surface area contributed by atoms with E-state index in [9.17, 15) is 0 Å². The number of rotatable bonds is 3. The maximum atomic E-state index is 8.82. The number of aryl methyl sites for hydroxylation is 1. The van der Waals surface area contributed by atoms with Gasteiger partial charge >= 0.3 is 0 Å². The average Bonchev–Trinajstić information content (AvgIpc) is 2.42. The van der Waals surface area contributed by atoms with Crippen LogP contribution < -0.4 is 5.73 Å². The number of nitrogens with two attached hydrogens (primary N) is 1. The zero-order chi connectivity index (χ0) is 14.7. The SMILES string of the molecule is Cc1ccc(C(N)=NO)c(Sc2ccc(Cl)c(Cl)c2)n1. The third-order valence-electron chi connectivity index (χ3n) is 2.49. The largest absolute Gasteiger partial charge is 0.409 e. The van der Waals surface area contributed by atoms with Gasteiger partial charge in [-0.15, -0.1) is 0 Å². The van der Waals surface area contributed by atoms with Crippen molar-refractivity contribution in [2.24, 2.45) is 10.9 Å². The van der Waals surface area contributed by atoms with E-state index < -0.39 is 0 Å². The Morgan fingerprint density at radius 2 is 2.00 bits per heavy atom. The lowest BCUT2D eigenvalue weighted by atomic mass is 10.2. The Hall–Kier alpha value is -1.43. The Morgan fingerprint density at radius 3 is 2.65 bits per heavy atom. The Kier molecular flexibility index (Phi) is 4.75. The van der Waals surface area contributed by atoms with Crippen molar-refractivity contribution >= 4 is 40.8 Å².